The summed E-state index contributed by atoms with van der Waals surface area (Å²) in [5.74, 6) is 0.752. The molecule has 4 aromatic rings. The van der Waals surface area contributed by atoms with Crippen LogP contribution in [-0.4, -0.2) is 27.8 Å². The Balaban J connectivity index is 1.52. The summed E-state index contributed by atoms with van der Waals surface area (Å²) >= 11 is 2.72. The molecular weight excluding hydrogens is 442 g/mol. The summed E-state index contributed by atoms with van der Waals surface area (Å²) in [6, 6.07) is 19.1. The van der Waals surface area contributed by atoms with E-state index in [4.69, 9.17) is 9.72 Å². The molecule has 0 saturated carbocycles. The van der Waals surface area contributed by atoms with Crippen molar-refractivity contribution in [1.29, 1.82) is 0 Å². The van der Waals surface area contributed by atoms with Crippen LogP contribution < -0.4 is 15.6 Å². The lowest BCUT2D eigenvalue weighted by Gasteiger charge is -2.10. The molecule has 0 fully saturated rings. The minimum atomic E-state index is -0.161. The van der Waals surface area contributed by atoms with Gasteiger partial charge in [-0.15, -0.1) is 11.3 Å². The number of thiophene rings is 1. The van der Waals surface area contributed by atoms with Gasteiger partial charge in [0.1, 0.15) is 10.4 Å². The fourth-order valence-corrected chi connectivity index (χ4v) is 5.17. The maximum absolute atomic E-state index is 13.1. The lowest BCUT2D eigenvalue weighted by Crippen LogP contribution is -2.22. The standard InChI is InChI=1S/C24H23N3O3S2/c1-3-27-23(29)22-19(14-20(32-22)16-8-6-5-7-9-16)26-24(27)31-15-21(28)25-17-10-12-18(13-11-17)30-4-2/h5-14H,3-4,15H2,1-2H3,(H,25,28). The Labute approximate surface area is 194 Å². The number of amides is 1. The van der Waals surface area contributed by atoms with E-state index in [-0.39, 0.29) is 17.2 Å². The number of benzene rings is 2. The van der Waals surface area contributed by atoms with Gasteiger partial charge in [-0.25, -0.2) is 4.98 Å². The van der Waals surface area contributed by atoms with Crippen molar-refractivity contribution in [2.75, 3.05) is 17.7 Å². The van der Waals surface area contributed by atoms with Gasteiger partial charge in [0.2, 0.25) is 5.91 Å². The van der Waals surface area contributed by atoms with Crippen molar-refractivity contribution in [3.63, 3.8) is 0 Å². The van der Waals surface area contributed by atoms with Crippen LogP contribution >= 0.6 is 23.1 Å². The van der Waals surface area contributed by atoms with Crippen LogP contribution in [0.3, 0.4) is 0 Å². The Morgan fingerprint density at radius 2 is 1.88 bits per heavy atom. The molecule has 0 bridgehead atoms. The Morgan fingerprint density at radius 1 is 1.12 bits per heavy atom. The van der Waals surface area contributed by atoms with Gasteiger partial charge in [-0.05, 0) is 49.7 Å². The molecule has 2 aromatic carbocycles. The molecule has 164 valence electrons. The van der Waals surface area contributed by atoms with E-state index in [1.54, 1.807) is 16.7 Å². The number of nitrogens with zero attached hydrogens (tertiary/aromatic N) is 2. The van der Waals surface area contributed by atoms with E-state index < -0.39 is 0 Å². The molecule has 0 aliphatic carbocycles. The highest BCUT2D eigenvalue weighted by Gasteiger charge is 2.16. The van der Waals surface area contributed by atoms with Crippen molar-refractivity contribution in [2.24, 2.45) is 0 Å². The van der Waals surface area contributed by atoms with Crippen LogP contribution in [-0.2, 0) is 11.3 Å². The number of carbonyl (C=O) groups is 1. The molecule has 32 heavy (non-hydrogen) atoms. The minimum absolute atomic E-state index is 0.0703. The van der Waals surface area contributed by atoms with Crippen LogP contribution in [0.15, 0.2) is 70.6 Å². The van der Waals surface area contributed by atoms with E-state index in [2.05, 4.69) is 5.32 Å². The average molecular weight is 466 g/mol. The normalized spacial score (nSPS) is 10.9. The number of nitrogens with one attached hydrogen (secondary N) is 1. The highest BCUT2D eigenvalue weighted by Crippen LogP contribution is 2.32. The Hall–Kier alpha value is -3.10. The zero-order valence-electron chi connectivity index (χ0n) is 17.8. The fourth-order valence-electron chi connectivity index (χ4n) is 3.25. The summed E-state index contributed by atoms with van der Waals surface area (Å²) in [6.45, 7) is 4.91. The van der Waals surface area contributed by atoms with Gasteiger partial charge in [-0.2, -0.15) is 0 Å². The molecule has 2 aromatic heterocycles. The average Bonchev–Trinajstić information content (AvgIpc) is 3.24. The molecule has 0 saturated heterocycles. The third kappa shape index (κ3) is 4.87. The van der Waals surface area contributed by atoms with Crippen molar-refractivity contribution in [2.45, 2.75) is 25.5 Å². The van der Waals surface area contributed by atoms with Crippen molar-refractivity contribution in [3.05, 3.63) is 71.0 Å². The summed E-state index contributed by atoms with van der Waals surface area (Å²) in [7, 11) is 0. The van der Waals surface area contributed by atoms with Crippen molar-refractivity contribution in [3.8, 4) is 16.2 Å². The van der Waals surface area contributed by atoms with Gasteiger partial charge in [-0.1, -0.05) is 42.1 Å². The van der Waals surface area contributed by atoms with Gasteiger partial charge in [0.25, 0.3) is 5.56 Å². The third-order valence-corrected chi connectivity index (χ3v) is 6.89. The van der Waals surface area contributed by atoms with Crippen molar-refractivity contribution >= 4 is 44.9 Å². The third-order valence-electron chi connectivity index (χ3n) is 4.75. The predicted octanol–water partition coefficient (Wildman–Crippen LogP) is 5.27. The lowest BCUT2D eigenvalue weighted by molar-refractivity contribution is -0.113. The summed E-state index contributed by atoms with van der Waals surface area (Å²) < 4.78 is 7.68. The Kier molecular flexibility index (Phi) is 6.92. The molecule has 0 radical (unpaired) electrons. The summed E-state index contributed by atoms with van der Waals surface area (Å²) in [6.07, 6.45) is 0. The molecule has 6 nitrogen and oxygen atoms in total. The molecule has 2 heterocycles. The molecular formula is C24H23N3O3S2. The smallest absolute Gasteiger partial charge is 0.272 e. The highest BCUT2D eigenvalue weighted by molar-refractivity contribution is 7.99. The zero-order valence-corrected chi connectivity index (χ0v) is 19.5. The van der Waals surface area contributed by atoms with E-state index in [0.717, 1.165) is 16.2 Å². The molecule has 1 amide bonds. The lowest BCUT2D eigenvalue weighted by atomic mass is 10.2. The van der Waals surface area contributed by atoms with Crippen LogP contribution in [0.5, 0.6) is 5.75 Å². The molecule has 4 rings (SSSR count). The summed E-state index contributed by atoms with van der Waals surface area (Å²) in [5.41, 5.74) is 2.35. The number of anilines is 1. The molecule has 0 atom stereocenters. The van der Waals surface area contributed by atoms with E-state index in [1.165, 1.54) is 23.1 Å². The van der Waals surface area contributed by atoms with Crippen LogP contribution in [0.25, 0.3) is 20.7 Å². The highest BCUT2D eigenvalue weighted by atomic mass is 32.2. The topological polar surface area (TPSA) is 73.2 Å². The van der Waals surface area contributed by atoms with Gasteiger partial charge in [0, 0.05) is 17.1 Å². The summed E-state index contributed by atoms with van der Waals surface area (Å²) in [5, 5.41) is 3.41. The number of hydrogen-bond donors (Lipinski definition) is 1. The van der Waals surface area contributed by atoms with E-state index in [1.807, 2.05) is 62.4 Å². The second-order valence-electron chi connectivity index (χ2n) is 6.93. The van der Waals surface area contributed by atoms with Crippen molar-refractivity contribution < 1.29 is 9.53 Å². The second kappa shape index (κ2) is 10.0. The van der Waals surface area contributed by atoms with Gasteiger partial charge in [-0.3, -0.25) is 14.2 Å². The van der Waals surface area contributed by atoms with E-state index in [0.29, 0.717) is 34.2 Å². The van der Waals surface area contributed by atoms with Crippen molar-refractivity contribution in [1.82, 2.24) is 9.55 Å². The minimum Gasteiger partial charge on any atom is -0.494 e. The van der Waals surface area contributed by atoms with Gasteiger partial charge >= 0.3 is 0 Å². The zero-order chi connectivity index (χ0) is 22.5. The maximum Gasteiger partial charge on any atom is 0.272 e. The number of carbonyl (C=O) groups excluding carboxylic acids is 1. The second-order valence-corrected chi connectivity index (χ2v) is 8.92. The first-order valence-electron chi connectivity index (χ1n) is 10.3. The van der Waals surface area contributed by atoms with Crippen LogP contribution in [0.1, 0.15) is 13.8 Å². The predicted molar refractivity (Wildman–Crippen MR) is 132 cm³/mol. The molecule has 0 unspecified atom stereocenters. The first-order valence-corrected chi connectivity index (χ1v) is 12.1. The number of hydrogen-bond acceptors (Lipinski definition) is 6. The number of aromatic nitrogens is 2. The molecule has 0 aliphatic heterocycles. The fraction of sp³-hybridized carbons (Fsp3) is 0.208. The van der Waals surface area contributed by atoms with Gasteiger partial charge in [0.15, 0.2) is 5.16 Å². The first-order chi connectivity index (χ1) is 15.6. The number of rotatable bonds is 8. The number of ether oxygens (including phenoxy) is 1. The molecule has 0 aliphatic rings. The monoisotopic (exact) mass is 465 g/mol. The number of thioether (sulfide) groups is 1. The van der Waals surface area contributed by atoms with E-state index in [9.17, 15) is 9.59 Å². The quantitative estimate of drug-likeness (QED) is 0.283. The van der Waals surface area contributed by atoms with E-state index >= 15 is 0 Å². The molecule has 8 heteroatoms. The van der Waals surface area contributed by atoms with Crippen LogP contribution in [0.2, 0.25) is 0 Å². The first kappa shape index (κ1) is 22.1. The Morgan fingerprint density at radius 3 is 2.56 bits per heavy atom. The molecule has 1 N–H and O–H groups in total. The largest absolute Gasteiger partial charge is 0.494 e. The molecule has 0 spiro atoms. The number of fused-ring (bicyclic) bond motifs is 1. The van der Waals surface area contributed by atoms with Crippen LogP contribution in [0.4, 0.5) is 5.69 Å². The SMILES string of the molecule is CCOc1ccc(NC(=O)CSc2nc3cc(-c4ccccc4)sc3c(=O)n2CC)cc1. The van der Waals surface area contributed by atoms with Gasteiger partial charge < -0.3 is 10.1 Å². The summed E-state index contributed by atoms with van der Waals surface area (Å²) in [4.78, 5) is 31.2. The van der Waals surface area contributed by atoms with Crippen LogP contribution in [0, 0.1) is 0 Å². The Bertz CT molecular complexity index is 1280. The maximum atomic E-state index is 13.1. The van der Waals surface area contributed by atoms with Gasteiger partial charge in [0.05, 0.1) is 17.9 Å².